The first-order valence-corrected chi connectivity index (χ1v) is 6.77. The van der Waals surface area contributed by atoms with Crippen molar-refractivity contribution < 1.29 is 19.4 Å². The van der Waals surface area contributed by atoms with Crippen molar-refractivity contribution in [3.05, 3.63) is 23.8 Å². The van der Waals surface area contributed by atoms with Crippen LogP contribution < -0.4 is 14.8 Å². The van der Waals surface area contributed by atoms with Gasteiger partial charge in [0, 0.05) is 18.7 Å². The fourth-order valence-electron chi connectivity index (χ4n) is 1.95. The normalized spacial score (nSPS) is 11.8. The van der Waals surface area contributed by atoms with Gasteiger partial charge in [-0.05, 0) is 30.5 Å². The molecular formula is C15H23NO4. The summed E-state index contributed by atoms with van der Waals surface area (Å²) in [6.45, 7) is 2.75. The molecule has 0 heterocycles. The number of rotatable bonds is 8. The van der Waals surface area contributed by atoms with Crippen LogP contribution in [0.5, 0.6) is 11.5 Å². The SMILES string of the molecule is CCC(CCO)CNC(=O)c1ccc(OC)c(OC)c1. The van der Waals surface area contributed by atoms with Gasteiger partial charge >= 0.3 is 0 Å². The first-order valence-electron chi connectivity index (χ1n) is 6.77. The summed E-state index contributed by atoms with van der Waals surface area (Å²) in [6, 6.07) is 5.06. The van der Waals surface area contributed by atoms with Crippen LogP contribution >= 0.6 is 0 Å². The molecule has 1 aromatic rings. The summed E-state index contributed by atoms with van der Waals surface area (Å²) in [5.41, 5.74) is 0.529. The Hall–Kier alpha value is -1.75. The van der Waals surface area contributed by atoms with Crippen LogP contribution in [0.25, 0.3) is 0 Å². The van der Waals surface area contributed by atoms with Gasteiger partial charge in [0.1, 0.15) is 0 Å². The minimum absolute atomic E-state index is 0.144. The van der Waals surface area contributed by atoms with Gasteiger partial charge in [-0.15, -0.1) is 0 Å². The lowest BCUT2D eigenvalue weighted by molar-refractivity contribution is 0.0943. The van der Waals surface area contributed by atoms with Gasteiger partial charge in [-0.1, -0.05) is 13.3 Å². The number of benzene rings is 1. The van der Waals surface area contributed by atoms with Crippen molar-refractivity contribution in [1.82, 2.24) is 5.32 Å². The minimum Gasteiger partial charge on any atom is -0.493 e. The van der Waals surface area contributed by atoms with Gasteiger partial charge < -0.3 is 19.9 Å². The molecule has 0 aliphatic rings. The fraction of sp³-hybridized carbons (Fsp3) is 0.533. The highest BCUT2D eigenvalue weighted by atomic mass is 16.5. The Morgan fingerprint density at radius 3 is 2.55 bits per heavy atom. The second-order valence-corrected chi connectivity index (χ2v) is 4.57. The molecule has 1 unspecified atom stereocenters. The number of carbonyl (C=O) groups excluding carboxylic acids is 1. The molecule has 0 spiro atoms. The van der Waals surface area contributed by atoms with Crippen molar-refractivity contribution in [2.45, 2.75) is 19.8 Å². The maximum Gasteiger partial charge on any atom is 0.251 e. The number of methoxy groups -OCH3 is 2. The third-order valence-corrected chi connectivity index (χ3v) is 3.31. The summed E-state index contributed by atoms with van der Waals surface area (Å²) in [5.74, 6) is 1.27. The lowest BCUT2D eigenvalue weighted by atomic mass is 10.0. The van der Waals surface area contributed by atoms with Gasteiger partial charge in [0.05, 0.1) is 14.2 Å². The highest BCUT2D eigenvalue weighted by molar-refractivity contribution is 5.94. The lowest BCUT2D eigenvalue weighted by Crippen LogP contribution is -2.29. The molecule has 1 atom stereocenters. The average molecular weight is 281 g/mol. The summed E-state index contributed by atoms with van der Waals surface area (Å²) in [7, 11) is 3.09. The predicted molar refractivity (Wildman–Crippen MR) is 77.4 cm³/mol. The first kappa shape index (κ1) is 16.3. The third kappa shape index (κ3) is 4.42. The largest absolute Gasteiger partial charge is 0.493 e. The molecular weight excluding hydrogens is 258 g/mol. The number of aliphatic hydroxyl groups is 1. The molecule has 0 aromatic heterocycles. The summed E-state index contributed by atoms with van der Waals surface area (Å²) in [5, 5.41) is 11.8. The second-order valence-electron chi connectivity index (χ2n) is 4.57. The summed E-state index contributed by atoms with van der Waals surface area (Å²) < 4.78 is 10.3. The van der Waals surface area contributed by atoms with Gasteiger partial charge in [-0.3, -0.25) is 4.79 Å². The standard InChI is InChI=1S/C15H23NO4/c1-4-11(7-8-17)10-16-15(18)12-5-6-13(19-2)14(9-12)20-3/h5-6,9,11,17H,4,7-8,10H2,1-3H3,(H,16,18). The molecule has 5 nitrogen and oxygen atoms in total. The van der Waals surface area contributed by atoms with Crippen molar-refractivity contribution in [3.8, 4) is 11.5 Å². The molecule has 0 aliphatic heterocycles. The molecule has 1 aromatic carbocycles. The number of nitrogens with one attached hydrogen (secondary N) is 1. The predicted octanol–water partition coefficient (Wildman–Crippen LogP) is 1.84. The smallest absolute Gasteiger partial charge is 0.251 e. The topological polar surface area (TPSA) is 67.8 Å². The van der Waals surface area contributed by atoms with E-state index in [2.05, 4.69) is 5.32 Å². The van der Waals surface area contributed by atoms with Crippen LogP contribution in [0.2, 0.25) is 0 Å². The molecule has 1 amide bonds. The van der Waals surface area contributed by atoms with Crippen molar-refractivity contribution in [2.75, 3.05) is 27.4 Å². The van der Waals surface area contributed by atoms with Crippen LogP contribution in [0, 0.1) is 5.92 Å². The van der Waals surface area contributed by atoms with Crippen molar-refractivity contribution in [1.29, 1.82) is 0 Å². The van der Waals surface area contributed by atoms with Crippen LogP contribution in [0.1, 0.15) is 30.1 Å². The average Bonchev–Trinajstić information content (AvgIpc) is 2.50. The van der Waals surface area contributed by atoms with Gasteiger partial charge in [0.25, 0.3) is 5.91 Å². The van der Waals surface area contributed by atoms with E-state index in [1.165, 1.54) is 7.11 Å². The zero-order valence-corrected chi connectivity index (χ0v) is 12.3. The highest BCUT2D eigenvalue weighted by Gasteiger charge is 2.12. The lowest BCUT2D eigenvalue weighted by Gasteiger charge is -2.15. The minimum atomic E-state index is -0.151. The van der Waals surface area contributed by atoms with E-state index in [1.54, 1.807) is 25.3 Å². The molecule has 20 heavy (non-hydrogen) atoms. The summed E-state index contributed by atoms with van der Waals surface area (Å²) in [6.07, 6.45) is 1.62. The fourth-order valence-corrected chi connectivity index (χ4v) is 1.95. The van der Waals surface area contributed by atoms with Gasteiger partial charge in [-0.2, -0.15) is 0 Å². The van der Waals surface area contributed by atoms with Crippen molar-refractivity contribution in [2.24, 2.45) is 5.92 Å². The van der Waals surface area contributed by atoms with Crippen LogP contribution in [-0.4, -0.2) is 38.4 Å². The number of amides is 1. The van der Waals surface area contributed by atoms with Crippen molar-refractivity contribution in [3.63, 3.8) is 0 Å². The summed E-state index contributed by atoms with van der Waals surface area (Å²) in [4.78, 5) is 12.1. The van der Waals surface area contributed by atoms with Crippen LogP contribution in [0.15, 0.2) is 18.2 Å². The van der Waals surface area contributed by atoms with E-state index in [4.69, 9.17) is 14.6 Å². The van der Waals surface area contributed by atoms with E-state index in [9.17, 15) is 4.79 Å². The maximum atomic E-state index is 12.1. The molecule has 112 valence electrons. The molecule has 0 fully saturated rings. The number of hydrogen-bond donors (Lipinski definition) is 2. The molecule has 0 radical (unpaired) electrons. The Balaban J connectivity index is 2.67. The van der Waals surface area contributed by atoms with Crippen molar-refractivity contribution >= 4 is 5.91 Å². The van der Waals surface area contributed by atoms with Crippen LogP contribution in [-0.2, 0) is 0 Å². The van der Waals surface area contributed by atoms with Crippen LogP contribution in [0.3, 0.4) is 0 Å². The number of aliphatic hydroxyl groups excluding tert-OH is 1. The molecule has 0 saturated heterocycles. The molecule has 0 aliphatic carbocycles. The summed E-state index contributed by atoms with van der Waals surface area (Å²) >= 11 is 0. The second kappa shape index (κ2) is 8.43. The first-order chi connectivity index (χ1) is 9.65. The Labute approximate surface area is 119 Å². The monoisotopic (exact) mass is 281 g/mol. The van der Waals surface area contributed by atoms with E-state index >= 15 is 0 Å². The number of ether oxygens (including phenoxy) is 2. The van der Waals surface area contributed by atoms with Gasteiger partial charge in [0.15, 0.2) is 11.5 Å². The molecule has 1 rings (SSSR count). The van der Waals surface area contributed by atoms with Crippen LogP contribution in [0.4, 0.5) is 0 Å². The van der Waals surface area contributed by atoms with E-state index in [-0.39, 0.29) is 12.5 Å². The zero-order chi connectivity index (χ0) is 15.0. The Bertz CT molecular complexity index is 434. The molecule has 5 heteroatoms. The van der Waals surface area contributed by atoms with E-state index < -0.39 is 0 Å². The maximum absolute atomic E-state index is 12.1. The highest BCUT2D eigenvalue weighted by Crippen LogP contribution is 2.27. The molecule has 0 bridgehead atoms. The quantitative estimate of drug-likeness (QED) is 0.763. The Kier molecular flexibility index (Phi) is 6.87. The Morgan fingerprint density at radius 2 is 2.00 bits per heavy atom. The van der Waals surface area contributed by atoms with E-state index in [1.807, 2.05) is 6.92 Å². The molecule has 0 saturated carbocycles. The zero-order valence-electron chi connectivity index (χ0n) is 12.3. The van der Waals surface area contributed by atoms with E-state index in [0.29, 0.717) is 35.9 Å². The number of hydrogen-bond acceptors (Lipinski definition) is 4. The molecule has 2 N–H and O–H groups in total. The van der Waals surface area contributed by atoms with E-state index in [0.717, 1.165) is 6.42 Å². The third-order valence-electron chi connectivity index (χ3n) is 3.31. The van der Waals surface area contributed by atoms with Gasteiger partial charge in [-0.25, -0.2) is 0 Å². The van der Waals surface area contributed by atoms with Gasteiger partial charge in [0.2, 0.25) is 0 Å². The number of carbonyl (C=O) groups is 1. The Morgan fingerprint density at radius 1 is 1.30 bits per heavy atom.